The van der Waals surface area contributed by atoms with E-state index in [1.807, 2.05) is 54.7 Å². The summed E-state index contributed by atoms with van der Waals surface area (Å²) >= 11 is 0. The van der Waals surface area contributed by atoms with E-state index in [2.05, 4.69) is 20.3 Å². The van der Waals surface area contributed by atoms with E-state index in [-0.39, 0.29) is 11.9 Å². The number of anilines is 2. The molecule has 0 bridgehead atoms. The average molecular weight is 372 g/mol. The molecule has 2 heterocycles. The third-order valence-corrected chi connectivity index (χ3v) is 4.57. The number of hydrogen-bond acceptors (Lipinski definition) is 5. The van der Waals surface area contributed by atoms with Gasteiger partial charge in [-0.1, -0.05) is 30.3 Å². The minimum absolute atomic E-state index is 0.220. The second-order valence-corrected chi connectivity index (χ2v) is 6.54. The molecule has 1 amide bonds. The molecule has 6 N–H and O–H groups in total. The zero-order chi connectivity index (χ0) is 19.5. The van der Waals surface area contributed by atoms with Gasteiger partial charge in [0.05, 0.1) is 11.7 Å². The van der Waals surface area contributed by atoms with Gasteiger partial charge in [-0.05, 0) is 36.2 Å². The van der Waals surface area contributed by atoms with Crippen LogP contribution in [0, 0.1) is 0 Å². The fourth-order valence-electron chi connectivity index (χ4n) is 3.12. The Morgan fingerprint density at radius 2 is 1.89 bits per heavy atom. The highest BCUT2D eigenvalue weighted by Crippen LogP contribution is 2.21. The van der Waals surface area contributed by atoms with Crippen molar-refractivity contribution in [1.29, 1.82) is 0 Å². The summed E-state index contributed by atoms with van der Waals surface area (Å²) < 4.78 is 0. The molecule has 28 heavy (non-hydrogen) atoms. The van der Waals surface area contributed by atoms with Crippen molar-refractivity contribution in [3.8, 4) is 11.3 Å². The summed E-state index contributed by atoms with van der Waals surface area (Å²) in [5, 5.41) is 3.94. The SMILES string of the molecule is Nc1nccc(-c2ccc(NC(=O)C(N)Cc3c[nH]c4ccccc34)cc2)n1. The highest BCUT2D eigenvalue weighted by Gasteiger charge is 2.16. The molecule has 2 aromatic heterocycles. The molecule has 0 fully saturated rings. The number of nitrogen functional groups attached to an aromatic ring is 1. The van der Waals surface area contributed by atoms with E-state index in [4.69, 9.17) is 11.5 Å². The number of fused-ring (bicyclic) bond motifs is 1. The molecule has 7 nitrogen and oxygen atoms in total. The number of nitrogens with one attached hydrogen (secondary N) is 2. The first kappa shape index (κ1) is 17.7. The number of benzene rings is 2. The summed E-state index contributed by atoms with van der Waals surface area (Å²) in [4.78, 5) is 23.8. The van der Waals surface area contributed by atoms with Gasteiger partial charge in [-0.25, -0.2) is 9.97 Å². The highest BCUT2D eigenvalue weighted by molar-refractivity contribution is 5.95. The number of H-pyrrole nitrogens is 1. The molecule has 4 aromatic rings. The molecule has 0 spiro atoms. The lowest BCUT2D eigenvalue weighted by atomic mass is 10.0. The summed E-state index contributed by atoms with van der Waals surface area (Å²) in [6, 6.07) is 16.4. The van der Waals surface area contributed by atoms with E-state index in [1.165, 1.54) is 0 Å². The lowest BCUT2D eigenvalue weighted by Gasteiger charge is -2.12. The summed E-state index contributed by atoms with van der Waals surface area (Å²) in [7, 11) is 0. The first-order valence-electron chi connectivity index (χ1n) is 8.90. The molecule has 7 heteroatoms. The molecule has 0 radical (unpaired) electrons. The van der Waals surface area contributed by atoms with E-state index >= 15 is 0 Å². The third kappa shape index (κ3) is 3.70. The Bertz CT molecular complexity index is 1120. The van der Waals surface area contributed by atoms with Crippen LogP contribution in [0.15, 0.2) is 67.0 Å². The molecule has 2 aromatic carbocycles. The van der Waals surface area contributed by atoms with Gasteiger partial charge in [0.25, 0.3) is 0 Å². The molecule has 0 aliphatic heterocycles. The molecule has 0 aliphatic rings. The standard InChI is InChI=1S/C21H20N6O/c22-17(11-14-12-25-19-4-2-1-3-16(14)19)20(28)26-15-7-5-13(6-8-15)18-9-10-24-21(23)27-18/h1-10,12,17,25H,11,22H2,(H,26,28)(H2,23,24,27). The van der Waals surface area contributed by atoms with Crippen molar-refractivity contribution in [2.75, 3.05) is 11.1 Å². The summed E-state index contributed by atoms with van der Waals surface area (Å²) in [5.41, 5.74) is 16.1. The number of carbonyl (C=O) groups excluding carboxylic acids is 1. The fourth-order valence-corrected chi connectivity index (χ4v) is 3.12. The lowest BCUT2D eigenvalue weighted by molar-refractivity contribution is -0.117. The van der Waals surface area contributed by atoms with Gasteiger partial charge in [0.15, 0.2) is 0 Å². The van der Waals surface area contributed by atoms with Crippen molar-refractivity contribution >= 4 is 28.4 Å². The summed E-state index contributed by atoms with van der Waals surface area (Å²) in [6.07, 6.45) is 3.96. The van der Waals surface area contributed by atoms with E-state index in [0.29, 0.717) is 12.1 Å². The Morgan fingerprint density at radius 1 is 1.11 bits per heavy atom. The normalized spacial score (nSPS) is 12.0. The van der Waals surface area contributed by atoms with Crippen molar-refractivity contribution in [2.24, 2.45) is 5.73 Å². The molecule has 4 rings (SSSR count). The average Bonchev–Trinajstić information content (AvgIpc) is 3.11. The Balaban J connectivity index is 1.43. The molecular weight excluding hydrogens is 352 g/mol. The topological polar surface area (TPSA) is 123 Å². The van der Waals surface area contributed by atoms with Crippen molar-refractivity contribution in [2.45, 2.75) is 12.5 Å². The summed E-state index contributed by atoms with van der Waals surface area (Å²) in [6.45, 7) is 0. The second-order valence-electron chi connectivity index (χ2n) is 6.54. The number of hydrogen-bond donors (Lipinski definition) is 4. The molecule has 1 unspecified atom stereocenters. The van der Waals surface area contributed by atoms with E-state index in [0.717, 1.165) is 27.7 Å². The van der Waals surface area contributed by atoms with Gasteiger partial charge in [-0.15, -0.1) is 0 Å². The number of nitrogens with zero attached hydrogens (tertiary/aromatic N) is 2. The van der Waals surface area contributed by atoms with Crippen LogP contribution in [0.5, 0.6) is 0 Å². The molecule has 0 saturated carbocycles. The van der Waals surface area contributed by atoms with Crippen LogP contribution in [0.3, 0.4) is 0 Å². The first-order chi connectivity index (χ1) is 13.6. The Hall–Kier alpha value is -3.71. The highest BCUT2D eigenvalue weighted by atomic mass is 16.2. The van der Waals surface area contributed by atoms with E-state index in [9.17, 15) is 4.79 Å². The predicted octanol–water partition coefficient (Wildman–Crippen LogP) is 2.72. The van der Waals surface area contributed by atoms with Crippen LogP contribution in [0.4, 0.5) is 11.6 Å². The Labute approximate surface area is 161 Å². The molecular formula is C21H20N6O. The monoisotopic (exact) mass is 372 g/mol. The third-order valence-electron chi connectivity index (χ3n) is 4.57. The van der Waals surface area contributed by atoms with E-state index < -0.39 is 6.04 Å². The number of amides is 1. The zero-order valence-electron chi connectivity index (χ0n) is 15.1. The second kappa shape index (κ2) is 7.50. The quantitative estimate of drug-likeness (QED) is 0.429. The van der Waals surface area contributed by atoms with Crippen molar-refractivity contribution in [1.82, 2.24) is 15.0 Å². The predicted molar refractivity (Wildman–Crippen MR) is 110 cm³/mol. The molecule has 0 saturated heterocycles. The molecule has 0 aliphatic carbocycles. The van der Waals surface area contributed by atoms with Gasteiger partial charge < -0.3 is 21.8 Å². The molecule has 140 valence electrons. The maximum atomic E-state index is 12.5. The minimum atomic E-state index is -0.652. The smallest absolute Gasteiger partial charge is 0.241 e. The fraction of sp³-hybridized carbons (Fsp3) is 0.0952. The number of para-hydroxylation sites is 1. The minimum Gasteiger partial charge on any atom is -0.368 e. The number of nitrogens with two attached hydrogens (primary N) is 2. The maximum Gasteiger partial charge on any atom is 0.241 e. The van der Waals surface area contributed by atoms with Crippen LogP contribution < -0.4 is 16.8 Å². The van der Waals surface area contributed by atoms with Gasteiger partial charge in [0.2, 0.25) is 11.9 Å². The van der Waals surface area contributed by atoms with Crippen molar-refractivity contribution in [3.63, 3.8) is 0 Å². The maximum absolute atomic E-state index is 12.5. The van der Waals surface area contributed by atoms with Crippen LogP contribution in [0.2, 0.25) is 0 Å². The Morgan fingerprint density at radius 3 is 2.68 bits per heavy atom. The number of aromatic amines is 1. The van der Waals surface area contributed by atoms with Crippen LogP contribution in [-0.4, -0.2) is 26.9 Å². The van der Waals surface area contributed by atoms with Crippen LogP contribution in [0.1, 0.15) is 5.56 Å². The summed E-state index contributed by atoms with van der Waals surface area (Å²) in [5.74, 6) is -0.0116. The van der Waals surface area contributed by atoms with Crippen molar-refractivity contribution in [3.05, 3.63) is 72.6 Å². The number of aromatic nitrogens is 3. The van der Waals surface area contributed by atoms with E-state index in [1.54, 1.807) is 12.3 Å². The van der Waals surface area contributed by atoms with Gasteiger partial charge in [0, 0.05) is 34.5 Å². The van der Waals surface area contributed by atoms with Gasteiger partial charge in [0.1, 0.15) is 0 Å². The van der Waals surface area contributed by atoms with Gasteiger partial charge in [-0.3, -0.25) is 4.79 Å². The Kier molecular flexibility index (Phi) is 4.74. The number of rotatable bonds is 5. The van der Waals surface area contributed by atoms with Crippen LogP contribution >= 0.6 is 0 Å². The largest absolute Gasteiger partial charge is 0.368 e. The van der Waals surface area contributed by atoms with Crippen molar-refractivity contribution < 1.29 is 4.79 Å². The van der Waals surface area contributed by atoms with Crippen LogP contribution in [0.25, 0.3) is 22.2 Å². The van der Waals surface area contributed by atoms with Crippen LogP contribution in [-0.2, 0) is 11.2 Å². The van der Waals surface area contributed by atoms with Gasteiger partial charge in [-0.2, -0.15) is 0 Å². The molecule has 1 atom stereocenters. The first-order valence-corrected chi connectivity index (χ1v) is 8.90. The van der Waals surface area contributed by atoms with Gasteiger partial charge >= 0.3 is 0 Å². The number of carbonyl (C=O) groups is 1. The lowest BCUT2D eigenvalue weighted by Crippen LogP contribution is -2.37. The zero-order valence-corrected chi connectivity index (χ0v) is 15.1.